The molecule has 4 heteroatoms. The van der Waals surface area contributed by atoms with Crippen LogP contribution in [0, 0.1) is 0 Å². The van der Waals surface area contributed by atoms with Crippen molar-refractivity contribution in [3.63, 3.8) is 0 Å². The molecule has 2 aromatic rings. The molecular formula is C15H19ClN2S. The number of hydrogen-bond acceptors (Lipinski definition) is 3. The summed E-state index contributed by atoms with van der Waals surface area (Å²) in [5.41, 5.74) is 1.34. The van der Waals surface area contributed by atoms with Gasteiger partial charge < -0.3 is 10.2 Å². The van der Waals surface area contributed by atoms with Gasteiger partial charge in [0.25, 0.3) is 0 Å². The molecule has 2 nitrogen and oxygen atoms in total. The Labute approximate surface area is 124 Å². The van der Waals surface area contributed by atoms with Gasteiger partial charge in [0, 0.05) is 24.0 Å². The van der Waals surface area contributed by atoms with E-state index < -0.39 is 0 Å². The van der Waals surface area contributed by atoms with Gasteiger partial charge in [-0.1, -0.05) is 41.9 Å². The fourth-order valence-electron chi connectivity index (χ4n) is 2.05. The third-order valence-electron chi connectivity index (χ3n) is 3.07. The van der Waals surface area contributed by atoms with Crippen LogP contribution < -0.4 is 5.32 Å². The van der Waals surface area contributed by atoms with Crippen molar-refractivity contribution in [1.29, 1.82) is 0 Å². The molecule has 1 aromatic carbocycles. The smallest absolute Gasteiger partial charge is 0.0931 e. The van der Waals surface area contributed by atoms with Crippen molar-refractivity contribution in [3.05, 3.63) is 57.2 Å². The van der Waals surface area contributed by atoms with Gasteiger partial charge in [-0.25, -0.2) is 0 Å². The fourth-order valence-corrected chi connectivity index (χ4v) is 3.11. The molecule has 1 heterocycles. The highest BCUT2D eigenvalue weighted by atomic mass is 35.5. The summed E-state index contributed by atoms with van der Waals surface area (Å²) in [5, 5.41) is 3.51. The van der Waals surface area contributed by atoms with E-state index in [1.165, 1.54) is 10.4 Å². The second-order valence-electron chi connectivity index (χ2n) is 4.73. The Morgan fingerprint density at radius 1 is 1.16 bits per heavy atom. The molecule has 0 aliphatic carbocycles. The van der Waals surface area contributed by atoms with Crippen molar-refractivity contribution >= 4 is 22.9 Å². The first-order chi connectivity index (χ1) is 9.16. The number of hydrogen-bond donors (Lipinski definition) is 1. The number of nitrogens with zero attached hydrogens (tertiary/aromatic N) is 1. The Morgan fingerprint density at radius 3 is 2.47 bits per heavy atom. The zero-order valence-electron chi connectivity index (χ0n) is 11.3. The van der Waals surface area contributed by atoms with E-state index in [0.29, 0.717) is 6.04 Å². The minimum Gasteiger partial charge on any atom is -0.310 e. The van der Waals surface area contributed by atoms with Gasteiger partial charge in [0.1, 0.15) is 0 Å². The number of halogens is 1. The summed E-state index contributed by atoms with van der Waals surface area (Å²) in [5.74, 6) is 0. The summed E-state index contributed by atoms with van der Waals surface area (Å²) < 4.78 is 0.851. The second-order valence-corrected chi connectivity index (χ2v) is 6.53. The molecule has 1 unspecified atom stereocenters. The molecule has 2 rings (SSSR count). The first-order valence-electron chi connectivity index (χ1n) is 6.33. The quantitative estimate of drug-likeness (QED) is 0.872. The zero-order valence-corrected chi connectivity index (χ0v) is 12.8. The van der Waals surface area contributed by atoms with Gasteiger partial charge in [0.15, 0.2) is 0 Å². The van der Waals surface area contributed by atoms with Crippen LogP contribution in [-0.4, -0.2) is 25.5 Å². The predicted octanol–water partition coefficient (Wildman–Crippen LogP) is 3.79. The fraction of sp³-hybridized carbons (Fsp3) is 0.333. The van der Waals surface area contributed by atoms with E-state index >= 15 is 0 Å². The molecule has 0 radical (unpaired) electrons. The SMILES string of the molecule is CN(C)C(CNCc1ccc(Cl)s1)c1ccccc1. The standard InChI is InChI=1S/C15H19ClN2S/c1-18(2)14(12-6-4-3-5-7-12)11-17-10-13-8-9-15(16)19-13/h3-9,14,17H,10-11H2,1-2H3. The van der Waals surface area contributed by atoms with Gasteiger partial charge in [-0.15, -0.1) is 11.3 Å². The van der Waals surface area contributed by atoms with Crippen molar-refractivity contribution in [3.8, 4) is 0 Å². The third kappa shape index (κ3) is 4.32. The van der Waals surface area contributed by atoms with Crippen molar-refractivity contribution in [1.82, 2.24) is 10.2 Å². The van der Waals surface area contributed by atoms with Crippen LogP contribution in [0.2, 0.25) is 4.34 Å². The summed E-state index contributed by atoms with van der Waals surface area (Å²) in [4.78, 5) is 3.51. The summed E-state index contributed by atoms with van der Waals surface area (Å²) in [6.07, 6.45) is 0. The monoisotopic (exact) mass is 294 g/mol. The molecule has 102 valence electrons. The molecule has 0 bridgehead atoms. The van der Waals surface area contributed by atoms with Crippen LogP contribution in [0.3, 0.4) is 0 Å². The molecule has 0 aliphatic rings. The average Bonchev–Trinajstić information content (AvgIpc) is 2.81. The van der Waals surface area contributed by atoms with Crippen LogP contribution in [0.1, 0.15) is 16.5 Å². The van der Waals surface area contributed by atoms with Crippen molar-refractivity contribution < 1.29 is 0 Å². The van der Waals surface area contributed by atoms with Gasteiger partial charge in [0.2, 0.25) is 0 Å². The molecular weight excluding hydrogens is 276 g/mol. The van der Waals surface area contributed by atoms with Gasteiger partial charge in [-0.3, -0.25) is 0 Å². The normalized spacial score (nSPS) is 12.8. The van der Waals surface area contributed by atoms with E-state index in [-0.39, 0.29) is 0 Å². The minimum atomic E-state index is 0.386. The lowest BCUT2D eigenvalue weighted by atomic mass is 10.1. The summed E-state index contributed by atoms with van der Waals surface area (Å²) >= 11 is 7.56. The molecule has 1 N–H and O–H groups in total. The lowest BCUT2D eigenvalue weighted by Crippen LogP contribution is -2.30. The molecule has 0 saturated heterocycles. The average molecular weight is 295 g/mol. The zero-order chi connectivity index (χ0) is 13.7. The highest BCUT2D eigenvalue weighted by Gasteiger charge is 2.13. The number of nitrogens with one attached hydrogen (secondary N) is 1. The number of rotatable bonds is 6. The molecule has 1 atom stereocenters. The van der Waals surface area contributed by atoms with Crippen LogP contribution in [0.15, 0.2) is 42.5 Å². The van der Waals surface area contributed by atoms with Crippen molar-refractivity contribution in [2.45, 2.75) is 12.6 Å². The van der Waals surface area contributed by atoms with Gasteiger partial charge in [0.05, 0.1) is 4.34 Å². The van der Waals surface area contributed by atoms with Crippen LogP contribution in [0.25, 0.3) is 0 Å². The molecule has 19 heavy (non-hydrogen) atoms. The number of benzene rings is 1. The molecule has 0 amide bonds. The number of thiophene rings is 1. The topological polar surface area (TPSA) is 15.3 Å². The van der Waals surface area contributed by atoms with Gasteiger partial charge in [-0.05, 0) is 31.8 Å². The van der Waals surface area contributed by atoms with E-state index in [2.05, 4.69) is 60.7 Å². The van der Waals surface area contributed by atoms with Crippen molar-refractivity contribution in [2.24, 2.45) is 0 Å². The predicted molar refractivity (Wildman–Crippen MR) is 83.9 cm³/mol. The summed E-state index contributed by atoms with van der Waals surface area (Å²) in [6, 6.07) is 15.0. The van der Waals surface area contributed by atoms with Crippen molar-refractivity contribution in [2.75, 3.05) is 20.6 Å². The Bertz CT molecular complexity index is 496. The summed E-state index contributed by atoms with van der Waals surface area (Å²) in [6.45, 7) is 1.79. The van der Waals surface area contributed by atoms with Gasteiger partial charge >= 0.3 is 0 Å². The lowest BCUT2D eigenvalue weighted by molar-refractivity contribution is 0.288. The van der Waals surface area contributed by atoms with E-state index in [0.717, 1.165) is 17.4 Å². The van der Waals surface area contributed by atoms with Gasteiger partial charge in [-0.2, -0.15) is 0 Å². The minimum absolute atomic E-state index is 0.386. The first kappa shape index (κ1) is 14.5. The highest BCUT2D eigenvalue weighted by Crippen LogP contribution is 2.21. The van der Waals surface area contributed by atoms with E-state index in [1.807, 2.05) is 6.07 Å². The Balaban J connectivity index is 1.91. The second kappa shape index (κ2) is 7.06. The molecule has 0 saturated carbocycles. The number of likely N-dealkylation sites (N-methyl/N-ethyl adjacent to an activating group) is 1. The van der Waals surface area contributed by atoms with Crippen LogP contribution in [0.5, 0.6) is 0 Å². The molecule has 0 aliphatic heterocycles. The Morgan fingerprint density at radius 2 is 1.89 bits per heavy atom. The largest absolute Gasteiger partial charge is 0.310 e. The maximum atomic E-state index is 5.93. The molecule has 0 spiro atoms. The lowest BCUT2D eigenvalue weighted by Gasteiger charge is -2.25. The van der Waals surface area contributed by atoms with Crippen LogP contribution in [0.4, 0.5) is 0 Å². The molecule has 1 aromatic heterocycles. The maximum absolute atomic E-state index is 5.93. The Hall–Kier alpha value is -0.870. The Kier molecular flexibility index (Phi) is 5.40. The maximum Gasteiger partial charge on any atom is 0.0931 e. The van der Waals surface area contributed by atoms with E-state index in [9.17, 15) is 0 Å². The summed E-state index contributed by atoms with van der Waals surface area (Å²) in [7, 11) is 4.22. The van der Waals surface area contributed by atoms with Crippen LogP contribution in [-0.2, 0) is 6.54 Å². The van der Waals surface area contributed by atoms with E-state index in [4.69, 9.17) is 11.6 Å². The molecule has 0 fully saturated rings. The first-order valence-corrected chi connectivity index (χ1v) is 7.52. The van der Waals surface area contributed by atoms with E-state index in [1.54, 1.807) is 11.3 Å². The van der Waals surface area contributed by atoms with Crippen LogP contribution >= 0.6 is 22.9 Å². The third-order valence-corrected chi connectivity index (χ3v) is 4.30. The highest BCUT2D eigenvalue weighted by molar-refractivity contribution is 7.16.